The molecule has 0 fully saturated rings. The van der Waals surface area contributed by atoms with Crippen molar-refractivity contribution in [3.8, 4) is 5.75 Å². The van der Waals surface area contributed by atoms with E-state index in [-0.39, 0.29) is 17.0 Å². The molecule has 0 atom stereocenters. The highest BCUT2D eigenvalue weighted by atomic mass is 79.9. The van der Waals surface area contributed by atoms with Gasteiger partial charge in [-0.25, -0.2) is 4.79 Å². The highest BCUT2D eigenvalue weighted by Crippen LogP contribution is 2.23. The van der Waals surface area contributed by atoms with Crippen molar-refractivity contribution in [1.29, 1.82) is 0 Å². The fraction of sp³-hybridized carbons (Fsp3) is 0.300. The van der Waals surface area contributed by atoms with Gasteiger partial charge in [-0.3, -0.25) is 0 Å². The van der Waals surface area contributed by atoms with E-state index in [1.807, 2.05) is 0 Å². The van der Waals surface area contributed by atoms with Gasteiger partial charge in [0.15, 0.2) is 0 Å². The molecule has 0 saturated carbocycles. The van der Waals surface area contributed by atoms with Crippen LogP contribution in [0.2, 0.25) is 5.02 Å². The second-order valence-electron chi connectivity index (χ2n) is 2.77. The molecule has 0 spiro atoms. The number of halogens is 2. The number of hydrogen-bond acceptors (Lipinski definition) is 4. The van der Waals surface area contributed by atoms with E-state index in [1.165, 1.54) is 7.11 Å². The summed E-state index contributed by atoms with van der Waals surface area (Å²) < 4.78 is 9.80. The Kier molecular flexibility index (Phi) is 7.12. The molecule has 0 amide bonds. The smallest absolute Gasteiger partial charge is 0.339 e. The van der Waals surface area contributed by atoms with Crippen LogP contribution in [0.5, 0.6) is 5.75 Å². The van der Waals surface area contributed by atoms with Gasteiger partial charge in [0.1, 0.15) is 12.4 Å². The molecule has 0 aromatic heterocycles. The van der Waals surface area contributed by atoms with Crippen molar-refractivity contribution >= 4 is 34.6 Å². The lowest BCUT2D eigenvalue weighted by Crippen LogP contribution is -2.10. The molecule has 0 unspecified atom stereocenters. The number of ether oxygens (including phenoxy) is 2. The topological polar surface area (TPSA) is 61.5 Å². The van der Waals surface area contributed by atoms with E-state index >= 15 is 0 Å². The summed E-state index contributed by atoms with van der Waals surface area (Å²) in [6, 6.07) is 4.76. The SMILES string of the molecule is Br.COC(=O)c1ccc(OCCN)cc1Cl. The molecule has 90 valence electrons. The normalized spacial score (nSPS) is 9.19. The van der Waals surface area contributed by atoms with E-state index in [1.54, 1.807) is 18.2 Å². The summed E-state index contributed by atoms with van der Waals surface area (Å²) in [5.74, 6) is 0.114. The summed E-state index contributed by atoms with van der Waals surface area (Å²) >= 11 is 5.87. The number of benzene rings is 1. The van der Waals surface area contributed by atoms with Crippen LogP contribution in [0.4, 0.5) is 0 Å². The van der Waals surface area contributed by atoms with Crippen molar-refractivity contribution < 1.29 is 14.3 Å². The third kappa shape index (κ3) is 4.00. The zero-order chi connectivity index (χ0) is 11.3. The van der Waals surface area contributed by atoms with Crippen molar-refractivity contribution in [2.45, 2.75) is 0 Å². The quantitative estimate of drug-likeness (QED) is 0.865. The van der Waals surface area contributed by atoms with Crippen molar-refractivity contribution in [1.82, 2.24) is 0 Å². The van der Waals surface area contributed by atoms with Gasteiger partial charge in [0.25, 0.3) is 0 Å². The Morgan fingerprint density at radius 3 is 2.69 bits per heavy atom. The summed E-state index contributed by atoms with van der Waals surface area (Å²) in [7, 11) is 1.30. The first-order valence-corrected chi connectivity index (χ1v) is 4.77. The molecule has 0 saturated heterocycles. The number of carbonyl (C=O) groups excluding carboxylic acids is 1. The molecular formula is C10H13BrClNO3. The van der Waals surface area contributed by atoms with Gasteiger partial charge in [0.2, 0.25) is 0 Å². The predicted octanol–water partition coefficient (Wildman–Crippen LogP) is 2.04. The molecular weight excluding hydrogens is 297 g/mol. The van der Waals surface area contributed by atoms with Crippen LogP contribution in [0.25, 0.3) is 0 Å². The molecule has 1 aromatic rings. The highest BCUT2D eigenvalue weighted by Gasteiger charge is 2.10. The van der Waals surface area contributed by atoms with Gasteiger partial charge in [0, 0.05) is 6.54 Å². The van der Waals surface area contributed by atoms with Crippen LogP contribution in [0.15, 0.2) is 18.2 Å². The Balaban J connectivity index is 0.00000225. The molecule has 2 N–H and O–H groups in total. The second kappa shape index (κ2) is 7.49. The Labute approximate surface area is 109 Å². The maximum atomic E-state index is 11.2. The van der Waals surface area contributed by atoms with Crippen molar-refractivity contribution in [3.63, 3.8) is 0 Å². The van der Waals surface area contributed by atoms with Crippen LogP contribution in [0.1, 0.15) is 10.4 Å². The summed E-state index contributed by atoms with van der Waals surface area (Å²) in [5.41, 5.74) is 5.60. The maximum Gasteiger partial charge on any atom is 0.339 e. The van der Waals surface area contributed by atoms with E-state index in [4.69, 9.17) is 22.1 Å². The molecule has 1 aromatic carbocycles. The average Bonchev–Trinajstić information content (AvgIpc) is 2.25. The van der Waals surface area contributed by atoms with Gasteiger partial charge in [-0.15, -0.1) is 17.0 Å². The number of rotatable bonds is 4. The third-order valence-electron chi connectivity index (χ3n) is 1.73. The first-order chi connectivity index (χ1) is 7.19. The third-order valence-corrected chi connectivity index (χ3v) is 2.05. The monoisotopic (exact) mass is 309 g/mol. The van der Waals surface area contributed by atoms with Crippen molar-refractivity contribution in [2.75, 3.05) is 20.3 Å². The molecule has 0 radical (unpaired) electrons. The summed E-state index contributed by atoms with van der Waals surface area (Å²) in [4.78, 5) is 11.2. The number of nitrogens with two attached hydrogens (primary N) is 1. The summed E-state index contributed by atoms with van der Waals surface area (Å²) in [6.07, 6.45) is 0. The first kappa shape index (κ1) is 15.2. The van der Waals surface area contributed by atoms with Crippen molar-refractivity contribution in [2.24, 2.45) is 5.73 Å². The van der Waals surface area contributed by atoms with E-state index in [2.05, 4.69) is 4.74 Å². The van der Waals surface area contributed by atoms with Gasteiger partial charge >= 0.3 is 5.97 Å². The number of esters is 1. The molecule has 0 aliphatic heterocycles. The standard InChI is InChI=1S/C10H12ClNO3.BrH/c1-14-10(13)8-3-2-7(6-9(8)11)15-5-4-12;/h2-3,6H,4-5,12H2,1H3;1H. The van der Waals surface area contributed by atoms with E-state index in [0.717, 1.165) is 0 Å². The van der Waals surface area contributed by atoms with Gasteiger partial charge in [-0.1, -0.05) is 11.6 Å². The lowest BCUT2D eigenvalue weighted by molar-refractivity contribution is 0.0601. The lowest BCUT2D eigenvalue weighted by atomic mass is 10.2. The van der Waals surface area contributed by atoms with E-state index in [9.17, 15) is 4.79 Å². The zero-order valence-corrected chi connectivity index (χ0v) is 11.2. The highest BCUT2D eigenvalue weighted by molar-refractivity contribution is 8.93. The van der Waals surface area contributed by atoms with Crippen LogP contribution >= 0.6 is 28.6 Å². The average molecular weight is 311 g/mol. The summed E-state index contributed by atoms with van der Waals surface area (Å²) in [6.45, 7) is 0.838. The summed E-state index contributed by atoms with van der Waals surface area (Å²) in [5, 5.41) is 0.302. The van der Waals surface area contributed by atoms with E-state index in [0.29, 0.717) is 29.5 Å². The molecule has 0 bridgehead atoms. The number of carbonyl (C=O) groups is 1. The molecule has 0 aliphatic carbocycles. The Bertz CT molecular complexity index is 360. The molecule has 0 aliphatic rings. The first-order valence-electron chi connectivity index (χ1n) is 4.39. The minimum Gasteiger partial charge on any atom is -0.492 e. The fourth-order valence-electron chi connectivity index (χ4n) is 1.04. The number of hydrogen-bond donors (Lipinski definition) is 1. The van der Waals surface area contributed by atoms with Crippen LogP contribution in [0, 0.1) is 0 Å². The van der Waals surface area contributed by atoms with Gasteiger partial charge in [-0.2, -0.15) is 0 Å². The zero-order valence-electron chi connectivity index (χ0n) is 8.73. The van der Waals surface area contributed by atoms with Crippen LogP contribution in [-0.2, 0) is 4.74 Å². The lowest BCUT2D eigenvalue weighted by Gasteiger charge is -2.06. The van der Waals surface area contributed by atoms with Gasteiger partial charge in [0.05, 0.1) is 17.7 Å². The Morgan fingerprint density at radius 1 is 1.50 bits per heavy atom. The predicted molar refractivity (Wildman–Crippen MR) is 67.7 cm³/mol. The largest absolute Gasteiger partial charge is 0.492 e. The molecule has 6 heteroatoms. The Morgan fingerprint density at radius 2 is 2.19 bits per heavy atom. The van der Waals surface area contributed by atoms with E-state index < -0.39 is 5.97 Å². The minimum absolute atomic E-state index is 0. The molecule has 0 heterocycles. The Hall–Kier alpha value is -0.780. The van der Waals surface area contributed by atoms with Gasteiger partial charge in [-0.05, 0) is 18.2 Å². The van der Waals surface area contributed by atoms with Crippen LogP contribution in [-0.4, -0.2) is 26.2 Å². The second-order valence-corrected chi connectivity index (χ2v) is 3.18. The van der Waals surface area contributed by atoms with Crippen LogP contribution in [0.3, 0.4) is 0 Å². The maximum absolute atomic E-state index is 11.2. The molecule has 1 rings (SSSR count). The number of methoxy groups -OCH3 is 1. The fourth-order valence-corrected chi connectivity index (χ4v) is 1.29. The minimum atomic E-state index is -0.467. The molecule has 4 nitrogen and oxygen atoms in total. The van der Waals surface area contributed by atoms with Crippen LogP contribution < -0.4 is 10.5 Å². The molecule has 16 heavy (non-hydrogen) atoms. The van der Waals surface area contributed by atoms with Gasteiger partial charge < -0.3 is 15.2 Å². The van der Waals surface area contributed by atoms with Crippen molar-refractivity contribution in [3.05, 3.63) is 28.8 Å².